The van der Waals surface area contributed by atoms with Crippen LogP contribution in [0.4, 0.5) is 0 Å². The molecule has 1 atom stereocenters. The number of unbranched alkanes of at least 4 members (excludes halogenated alkanes) is 11. The highest BCUT2D eigenvalue weighted by molar-refractivity contribution is 5.72. The molecule has 0 rings (SSSR count). The van der Waals surface area contributed by atoms with Crippen molar-refractivity contribution in [1.82, 2.24) is 0 Å². The summed E-state index contributed by atoms with van der Waals surface area (Å²) in [6.45, 7) is 6.14. The molecule has 0 radical (unpaired) electrons. The molecule has 0 aliphatic rings. The van der Waals surface area contributed by atoms with Crippen LogP contribution in [0.5, 0.6) is 0 Å². The van der Waals surface area contributed by atoms with Gasteiger partial charge < -0.3 is 14.2 Å². The topological polar surface area (TPSA) is 78.9 Å². The van der Waals surface area contributed by atoms with E-state index in [2.05, 4.69) is 203 Å². The molecule has 6 heteroatoms. The highest BCUT2D eigenvalue weighted by atomic mass is 16.6. The zero-order valence-corrected chi connectivity index (χ0v) is 50.0. The van der Waals surface area contributed by atoms with Crippen molar-refractivity contribution < 1.29 is 28.6 Å². The Balaban J connectivity index is 4.59. The second-order valence-corrected chi connectivity index (χ2v) is 19.5. The van der Waals surface area contributed by atoms with Crippen LogP contribution in [0.1, 0.15) is 226 Å². The van der Waals surface area contributed by atoms with E-state index < -0.39 is 12.1 Å². The summed E-state index contributed by atoms with van der Waals surface area (Å²) in [7, 11) is 0. The molecule has 0 bridgehead atoms. The van der Waals surface area contributed by atoms with Gasteiger partial charge in [-0.15, -0.1) is 0 Å². The Morgan fingerprint density at radius 2 is 0.519 bits per heavy atom. The van der Waals surface area contributed by atoms with E-state index in [0.29, 0.717) is 12.8 Å². The summed E-state index contributed by atoms with van der Waals surface area (Å²) < 4.78 is 16.7. The van der Waals surface area contributed by atoms with E-state index in [9.17, 15) is 14.4 Å². The number of carbonyl (C=O) groups excluding carboxylic acids is 3. The summed E-state index contributed by atoms with van der Waals surface area (Å²) in [6.07, 6.45) is 98.9. The highest BCUT2D eigenvalue weighted by Gasteiger charge is 2.19. The first-order valence-electron chi connectivity index (χ1n) is 30.9. The standard InChI is InChI=1S/C73H110O6/c1-4-7-10-13-16-19-22-25-28-30-32-34-36-38-40-42-45-48-51-54-57-60-63-66-72(75)78-69-70(68-77-71(74)65-62-59-56-53-50-47-44-27-24-21-18-15-12-9-6-3)79-73(76)67-64-61-58-55-52-49-46-43-41-39-37-35-33-31-29-26-23-20-17-14-11-8-5-2/h7-12,16-21,25-29,32-35,38,40,44-45,48,50,53-54,57,59,62,70H,4-6,13-15,22-24,30-31,36-37,39,41-43,46-47,49,51-52,55-56,58,60-61,63-69H2,1-3H3/b10-7-,11-8-,12-9-,19-16-,20-17-,21-18-,28-25-,29-26-,34-32-,35-33-,40-38-,44-27-,48-45-,53-50-,57-54-,62-59-. The van der Waals surface area contributed by atoms with Gasteiger partial charge in [-0.1, -0.05) is 267 Å². The van der Waals surface area contributed by atoms with Crippen molar-refractivity contribution in [2.24, 2.45) is 0 Å². The summed E-state index contributed by atoms with van der Waals surface area (Å²) in [5.41, 5.74) is 0. The smallest absolute Gasteiger partial charge is 0.309 e. The molecule has 1 unspecified atom stereocenters. The number of allylic oxidation sites excluding steroid dienone is 31. The Morgan fingerprint density at radius 3 is 0.861 bits per heavy atom. The van der Waals surface area contributed by atoms with Gasteiger partial charge in [0.05, 0.1) is 6.42 Å². The van der Waals surface area contributed by atoms with Crippen LogP contribution in [-0.2, 0) is 28.6 Å². The third kappa shape index (κ3) is 63.0. The lowest BCUT2D eigenvalue weighted by molar-refractivity contribution is -0.166. The second-order valence-electron chi connectivity index (χ2n) is 19.5. The summed E-state index contributed by atoms with van der Waals surface area (Å²) in [5.74, 6) is -1.15. The van der Waals surface area contributed by atoms with Gasteiger partial charge in [0.2, 0.25) is 0 Å². The van der Waals surface area contributed by atoms with Gasteiger partial charge >= 0.3 is 17.9 Å². The van der Waals surface area contributed by atoms with Crippen molar-refractivity contribution in [2.75, 3.05) is 13.2 Å². The first kappa shape index (κ1) is 73.2. The van der Waals surface area contributed by atoms with E-state index in [0.717, 1.165) is 128 Å². The average molecular weight is 1080 g/mol. The number of hydrogen-bond acceptors (Lipinski definition) is 6. The SMILES string of the molecule is CC/C=C\C/C=C\C/C=C\C/C=C\C/C=C\C/C=C\C/C=C\CCCC(=O)OCC(COC(=O)C/C=C\C/C=C\C/C=C\C/C=C\C/C=C\CC)OC(=O)CCCCCCCCCCCC/C=C\C/C=C\C/C=C\C/C=C\CC. The molecule has 0 saturated heterocycles. The summed E-state index contributed by atoms with van der Waals surface area (Å²) >= 11 is 0. The van der Waals surface area contributed by atoms with E-state index in [1.807, 2.05) is 6.08 Å². The molecule has 0 spiro atoms. The number of carbonyl (C=O) groups is 3. The largest absolute Gasteiger partial charge is 0.462 e. The monoisotopic (exact) mass is 1080 g/mol. The van der Waals surface area contributed by atoms with Crippen LogP contribution in [0.2, 0.25) is 0 Å². The van der Waals surface area contributed by atoms with Crippen molar-refractivity contribution in [3.05, 3.63) is 194 Å². The lowest BCUT2D eigenvalue weighted by Crippen LogP contribution is -2.30. The van der Waals surface area contributed by atoms with Gasteiger partial charge in [-0.25, -0.2) is 0 Å². The summed E-state index contributed by atoms with van der Waals surface area (Å²) in [4.78, 5) is 38.2. The highest BCUT2D eigenvalue weighted by Crippen LogP contribution is 2.14. The van der Waals surface area contributed by atoms with E-state index in [-0.39, 0.29) is 44.4 Å². The summed E-state index contributed by atoms with van der Waals surface area (Å²) in [5, 5.41) is 0. The quantitative estimate of drug-likeness (QED) is 0.0261. The average Bonchev–Trinajstić information content (AvgIpc) is 3.45. The van der Waals surface area contributed by atoms with Crippen LogP contribution >= 0.6 is 0 Å². The molecule has 0 aromatic rings. The van der Waals surface area contributed by atoms with Crippen LogP contribution in [0.25, 0.3) is 0 Å². The van der Waals surface area contributed by atoms with Gasteiger partial charge in [0.15, 0.2) is 6.10 Å². The Kier molecular flexibility index (Phi) is 60.1. The fourth-order valence-electron chi connectivity index (χ4n) is 7.61. The van der Waals surface area contributed by atoms with Gasteiger partial charge in [-0.3, -0.25) is 14.4 Å². The maximum absolute atomic E-state index is 12.9. The number of ether oxygens (including phenoxy) is 3. The van der Waals surface area contributed by atoms with Gasteiger partial charge in [-0.2, -0.15) is 0 Å². The molecule has 0 heterocycles. The maximum atomic E-state index is 12.9. The predicted molar refractivity (Wildman–Crippen MR) is 343 cm³/mol. The normalized spacial score (nSPS) is 13.5. The van der Waals surface area contributed by atoms with E-state index in [1.54, 1.807) is 6.08 Å². The van der Waals surface area contributed by atoms with Gasteiger partial charge in [0.1, 0.15) is 13.2 Å². The molecule has 0 aliphatic carbocycles. The van der Waals surface area contributed by atoms with Gasteiger partial charge in [-0.05, 0) is 135 Å². The first-order chi connectivity index (χ1) is 39.0. The minimum atomic E-state index is -0.857. The molecule has 0 saturated carbocycles. The Morgan fingerprint density at radius 1 is 0.266 bits per heavy atom. The maximum Gasteiger partial charge on any atom is 0.309 e. The first-order valence-corrected chi connectivity index (χ1v) is 30.9. The molecule has 0 N–H and O–H groups in total. The number of hydrogen-bond donors (Lipinski definition) is 0. The molecule has 6 nitrogen and oxygen atoms in total. The second kappa shape index (κ2) is 64.8. The molecule has 0 fully saturated rings. The lowest BCUT2D eigenvalue weighted by atomic mass is 10.0. The third-order valence-electron chi connectivity index (χ3n) is 12.1. The molecular formula is C73H110O6. The number of rotatable bonds is 53. The van der Waals surface area contributed by atoms with E-state index in [1.165, 1.54) is 44.9 Å². The minimum absolute atomic E-state index is 0.105. The van der Waals surface area contributed by atoms with Crippen molar-refractivity contribution in [2.45, 2.75) is 232 Å². The van der Waals surface area contributed by atoms with E-state index in [4.69, 9.17) is 14.2 Å². The molecule has 438 valence electrons. The molecule has 79 heavy (non-hydrogen) atoms. The van der Waals surface area contributed by atoms with Crippen molar-refractivity contribution >= 4 is 17.9 Å². The molecule has 0 aromatic heterocycles. The minimum Gasteiger partial charge on any atom is -0.462 e. The fraction of sp³-hybridized carbons (Fsp3) is 0.521. The van der Waals surface area contributed by atoms with Crippen LogP contribution in [0, 0.1) is 0 Å². The van der Waals surface area contributed by atoms with Gasteiger partial charge in [0.25, 0.3) is 0 Å². The van der Waals surface area contributed by atoms with Crippen LogP contribution in [0.15, 0.2) is 194 Å². The zero-order valence-electron chi connectivity index (χ0n) is 50.0. The number of esters is 3. The predicted octanol–water partition coefficient (Wildman–Crippen LogP) is 21.4. The van der Waals surface area contributed by atoms with Crippen molar-refractivity contribution in [3.8, 4) is 0 Å². The lowest BCUT2D eigenvalue weighted by Gasteiger charge is -2.18. The summed E-state index contributed by atoms with van der Waals surface area (Å²) in [6, 6.07) is 0. The molecule has 0 aromatic carbocycles. The third-order valence-corrected chi connectivity index (χ3v) is 12.1. The molecule has 0 amide bonds. The Labute approximate surface area is 484 Å². The Hall–Kier alpha value is -5.75. The van der Waals surface area contributed by atoms with Gasteiger partial charge in [0, 0.05) is 12.8 Å². The van der Waals surface area contributed by atoms with Crippen LogP contribution in [-0.4, -0.2) is 37.2 Å². The van der Waals surface area contributed by atoms with Crippen LogP contribution < -0.4 is 0 Å². The Bertz CT molecular complexity index is 1920. The van der Waals surface area contributed by atoms with Crippen molar-refractivity contribution in [3.63, 3.8) is 0 Å². The molecule has 0 aliphatic heterocycles. The van der Waals surface area contributed by atoms with Crippen molar-refractivity contribution in [1.29, 1.82) is 0 Å². The fourth-order valence-corrected chi connectivity index (χ4v) is 7.61. The zero-order chi connectivity index (χ0) is 57.1. The molecular weight excluding hydrogens is 973 g/mol. The van der Waals surface area contributed by atoms with Crippen LogP contribution in [0.3, 0.4) is 0 Å². The van der Waals surface area contributed by atoms with E-state index >= 15 is 0 Å².